The normalized spacial score (nSPS) is 15.9. The summed E-state index contributed by atoms with van der Waals surface area (Å²) >= 11 is 0.369. The summed E-state index contributed by atoms with van der Waals surface area (Å²) in [5, 5.41) is 11.8. The van der Waals surface area contributed by atoms with Crippen molar-refractivity contribution < 1.29 is 23.5 Å². The number of amides is 2. The molecule has 1 aromatic carbocycles. The summed E-state index contributed by atoms with van der Waals surface area (Å²) in [5.41, 5.74) is 0.293. The number of aliphatic hydroxyl groups excluding tert-OH is 1. The number of aliphatic hydroxyl groups is 1. The largest absolute Gasteiger partial charge is 0.393 e. The Morgan fingerprint density at radius 2 is 2.00 bits per heavy atom. The van der Waals surface area contributed by atoms with E-state index in [0.29, 0.717) is 48.3 Å². The van der Waals surface area contributed by atoms with Gasteiger partial charge >= 0.3 is 11.8 Å². The molecule has 5 nitrogen and oxygen atoms in total. The quantitative estimate of drug-likeness (QED) is 0.656. The number of piperidine rings is 1. The Hall–Kier alpha value is -1.67. The molecule has 8 heteroatoms. The van der Waals surface area contributed by atoms with Crippen molar-refractivity contribution in [3.8, 4) is 0 Å². The minimum atomic E-state index is -2.55. The number of carbonyl (C=O) groups excluding carboxylic acids is 2. The van der Waals surface area contributed by atoms with Crippen molar-refractivity contribution in [2.75, 3.05) is 18.4 Å². The van der Waals surface area contributed by atoms with Gasteiger partial charge in [-0.05, 0) is 31.0 Å². The molecular formula is C14H16F2N2O3S. The van der Waals surface area contributed by atoms with Crippen LogP contribution in [0.2, 0.25) is 0 Å². The Morgan fingerprint density at radius 1 is 1.32 bits per heavy atom. The highest BCUT2D eigenvalue weighted by molar-refractivity contribution is 7.99. The van der Waals surface area contributed by atoms with Crippen LogP contribution in [-0.4, -0.2) is 46.8 Å². The van der Waals surface area contributed by atoms with E-state index in [2.05, 4.69) is 5.32 Å². The number of nitrogens with one attached hydrogen (secondary N) is 1. The molecule has 22 heavy (non-hydrogen) atoms. The fourth-order valence-electron chi connectivity index (χ4n) is 2.15. The highest BCUT2D eigenvalue weighted by Crippen LogP contribution is 2.27. The van der Waals surface area contributed by atoms with Crippen LogP contribution in [0.15, 0.2) is 29.2 Å². The molecular weight excluding hydrogens is 314 g/mol. The average Bonchev–Trinajstić information content (AvgIpc) is 2.47. The zero-order valence-electron chi connectivity index (χ0n) is 11.7. The van der Waals surface area contributed by atoms with Crippen LogP contribution in [0.3, 0.4) is 0 Å². The van der Waals surface area contributed by atoms with E-state index in [9.17, 15) is 23.5 Å². The predicted octanol–water partition coefficient (Wildman–Crippen LogP) is 1.92. The van der Waals surface area contributed by atoms with Gasteiger partial charge in [-0.3, -0.25) is 9.59 Å². The summed E-state index contributed by atoms with van der Waals surface area (Å²) in [7, 11) is 0. The Labute approximate surface area is 130 Å². The number of carbonyl (C=O) groups is 2. The van der Waals surface area contributed by atoms with Crippen molar-refractivity contribution in [2.24, 2.45) is 0 Å². The molecule has 1 aliphatic rings. The zero-order chi connectivity index (χ0) is 16.1. The molecule has 1 heterocycles. The van der Waals surface area contributed by atoms with Crippen molar-refractivity contribution in [3.63, 3.8) is 0 Å². The molecule has 0 radical (unpaired) electrons. The minimum absolute atomic E-state index is 0.293. The van der Waals surface area contributed by atoms with Gasteiger partial charge in [-0.1, -0.05) is 17.8 Å². The average molecular weight is 330 g/mol. The lowest BCUT2D eigenvalue weighted by Crippen LogP contribution is -2.45. The molecule has 0 unspecified atom stereocenters. The van der Waals surface area contributed by atoms with E-state index in [1.54, 1.807) is 0 Å². The molecule has 0 aliphatic carbocycles. The monoisotopic (exact) mass is 330 g/mol. The first-order chi connectivity index (χ1) is 10.5. The third kappa shape index (κ3) is 4.67. The first kappa shape index (κ1) is 16.7. The van der Waals surface area contributed by atoms with Gasteiger partial charge in [0, 0.05) is 23.7 Å². The summed E-state index contributed by atoms with van der Waals surface area (Å²) in [6.07, 6.45) is 0.453. The molecule has 0 aromatic heterocycles. The summed E-state index contributed by atoms with van der Waals surface area (Å²) in [5.74, 6) is -4.04. The van der Waals surface area contributed by atoms with Crippen LogP contribution < -0.4 is 5.32 Å². The first-order valence-electron chi connectivity index (χ1n) is 6.79. The molecule has 1 aliphatic heterocycles. The lowest BCUT2D eigenvalue weighted by Gasteiger charge is -2.28. The summed E-state index contributed by atoms with van der Waals surface area (Å²) in [4.78, 5) is 25.6. The zero-order valence-corrected chi connectivity index (χ0v) is 12.5. The minimum Gasteiger partial charge on any atom is -0.393 e. The van der Waals surface area contributed by atoms with Gasteiger partial charge in [-0.25, -0.2) is 0 Å². The van der Waals surface area contributed by atoms with Crippen LogP contribution >= 0.6 is 11.8 Å². The highest BCUT2D eigenvalue weighted by Gasteiger charge is 2.26. The van der Waals surface area contributed by atoms with Crippen LogP contribution in [0.25, 0.3) is 0 Å². The number of rotatable bonds is 3. The molecule has 2 amide bonds. The van der Waals surface area contributed by atoms with Crippen LogP contribution in [0, 0.1) is 0 Å². The summed E-state index contributed by atoms with van der Waals surface area (Å²) in [6, 6.07) is 5.95. The van der Waals surface area contributed by atoms with E-state index in [0.717, 1.165) is 0 Å². The van der Waals surface area contributed by atoms with Crippen molar-refractivity contribution in [2.45, 2.75) is 29.6 Å². The Kier molecular flexibility index (Phi) is 5.73. The highest BCUT2D eigenvalue weighted by atomic mass is 32.2. The summed E-state index contributed by atoms with van der Waals surface area (Å²) in [6.45, 7) is 0.656. The molecule has 0 saturated carbocycles. The number of benzene rings is 1. The van der Waals surface area contributed by atoms with Crippen LogP contribution in [-0.2, 0) is 9.59 Å². The van der Waals surface area contributed by atoms with Gasteiger partial charge < -0.3 is 15.3 Å². The van der Waals surface area contributed by atoms with Gasteiger partial charge in [0.2, 0.25) is 0 Å². The van der Waals surface area contributed by atoms with E-state index in [4.69, 9.17) is 0 Å². The van der Waals surface area contributed by atoms with E-state index in [1.165, 1.54) is 29.2 Å². The second-order valence-corrected chi connectivity index (χ2v) is 5.95. The molecule has 1 fully saturated rings. The molecule has 0 spiro atoms. The van der Waals surface area contributed by atoms with Crippen molar-refractivity contribution in [1.29, 1.82) is 0 Å². The maximum Gasteiger partial charge on any atom is 0.313 e. The number of anilines is 1. The standard InChI is InChI=1S/C14H16F2N2O3S/c15-14(16)22-11-3-1-2-9(8-11)17-12(20)13(21)18-6-4-10(19)5-7-18/h1-3,8,10,14,19H,4-7H2,(H,17,20). The molecule has 1 saturated heterocycles. The Bertz CT molecular complexity index is 549. The number of nitrogens with zero attached hydrogens (tertiary/aromatic N) is 1. The second-order valence-electron chi connectivity index (χ2n) is 4.88. The number of thioether (sulfide) groups is 1. The molecule has 2 N–H and O–H groups in total. The molecule has 2 rings (SSSR count). The van der Waals surface area contributed by atoms with Gasteiger partial charge in [-0.2, -0.15) is 8.78 Å². The molecule has 1 aromatic rings. The van der Waals surface area contributed by atoms with Crippen molar-refractivity contribution in [3.05, 3.63) is 24.3 Å². The number of hydrogen-bond donors (Lipinski definition) is 2. The third-order valence-corrected chi connectivity index (χ3v) is 3.97. The van der Waals surface area contributed by atoms with E-state index < -0.39 is 23.7 Å². The van der Waals surface area contributed by atoms with Crippen LogP contribution in [0.4, 0.5) is 14.5 Å². The lowest BCUT2D eigenvalue weighted by molar-refractivity contribution is -0.144. The van der Waals surface area contributed by atoms with Gasteiger partial charge in [0.15, 0.2) is 0 Å². The van der Waals surface area contributed by atoms with E-state index in [1.807, 2.05) is 0 Å². The van der Waals surface area contributed by atoms with E-state index >= 15 is 0 Å². The van der Waals surface area contributed by atoms with Gasteiger partial charge in [0.05, 0.1) is 6.10 Å². The number of halogens is 2. The maximum absolute atomic E-state index is 12.3. The van der Waals surface area contributed by atoms with Gasteiger partial charge in [-0.15, -0.1) is 0 Å². The number of hydrogen-bond acceptors (Lipinski definition) is 4. The summed E-state index contributed by atoms with van der Waals surface area (Å²) < 4.78 is 24.6. The Morgan fingerprint density at radius 3 is 2.64 bits per heavy atom. The number of likely N-dealkylation sites (tertiary alicyclic amines) is 1. The first-order valence-corrected chi connectivity index (χ1v) is 7.67. The van der Waals surface area contributed by atoms with Crippen molar-refractivity contribution in [1.82, 2.24) is 4.90 Å². The fraction of sp³-hybridized carbons (Fsp3) is 0.429. The van der Waals surface area contributed by atoms with Crippen LogP contribution in [0.5, 0.6) is 0 Å². The lowest BCUT2D eigenvalue weighted by atomic mass is 10.1. The fourth-order valence-corrected chi connectivity index (χ4v) is 2.71. The maximum atomic E-state index is 12.3. The van der Waals surface area contributed by atoms with Crippen molar-refractivity contribution >= 4 is 29.3 Å². The number of alkyl halides is 2. The van der Waals surface area contributed by atoms with Gasteiger partial charge in [0.25, 0.3) is 5.76 Å². The molecule has 120 valence electrons. The van der Waals surface area contributed by atoms with Gasteiger partial charge in [0.1, 0.15) is 0 Å². The topological polar surface area (TPSA) is 69.6 Å². The SMILES string of the molecule is O=C(Nc1cccc(SC(F)F)c1)C(=O)N1CCC(O)CC1. The Balaban J connectivity index is 1.95. The predicted molar refractivity (Wildman–Crippen MR) is 78.8 cm³/mol. The van der Waals surface area contributed by atoms with E-state index in [-0.39, 0.29) is 0 Å². The second kappa shape index (κ2) is 7.55. The molecule has 0 atom stereocenters. The third-order valence-electron chi connectivity index (χ3n) is 3.26. The van der Waals surface area contributed by atoms with Crippen LogP contribution in [0.1, 0.15) is 12.8 Å². The molecule has 0 bridgehead atoms. The smallest absolute Gasteiger partial charge is 0.313 e.